The minimum absolute atomic E-state index is 0.0568. The van der Waals surface area contributed by atoms with Crippen molar-refractivity contribution in [2.24, 2.45) is 11.8 Å². The number of ether oxygens (including phenoxy) is 2. The number of carbonyl (C=O) groups is 2. The van der Waals surface area contributed by atoms with Gasteiger partial charge in [0, 0.05) is 25.2 Å². The van der Waals surface area contributed by atoms with Crippen LogP contribution in [0.3, 0.4) is 0 Å². The molecule has 1 fully saturated rings. The zero-order chi connectivity index (χ0) is 41.4. The van der Waals surface area contributed by atoms with Crippen molar-refractivity contribution in [1.82, 2.24) is 0 Å². The summed E-state index contributed by atoms with van der Waals surface area (Å²) in [5, 5.41) is 49.7. The number of phosphoric acid groups is 1. The average molecular weight is 821 g/mol. The lowest BCUT2D eigenvalue weighted by Gasteiger charge is -2.21. The third kappa shape index (κ3) is 27.1. The monoisotopic (exact) mass is 821 g/mol. The van der Waals surface area contributed by atoms with E-state index in [1.54, 1.807) is 6.08 Å². The van der Waals surface area contributed by atoms with E-state index in [-0.39, 0.29) is 31.3 Å². The fraction of sp³-hybridized carbons (Fsp3) is 0.857. The molecule has 328 valence electrons. The molecule has 1 saturated carbocycles. The Bertz CT molecular complexity index is 1100. The Labute approximate surface area is 336 Å². The van der Waals surface area contributed by atoms with Gasteiger partial charge in [-0.05, 0) is 57.3 Å². The van der Waals surface area contributed by atoms with Crippen LogP contribution in [0.4, 0.5) is 0 Å². The Hall–Kier alpha value is -1.67. The van der Waals surface area contributed by atoms with Crippen molar-refractivity contribution < 1.29 is 63.1 Å². The van der Waals surface area contributed by atoms with Crippen molar-refractivity contribution >= 4 is 19.8 Å². The maximum Gasteiger partial charge on any atom is 0.472 e. The molecule has 0 amide bonds. The van der Waals surface area contributed by atoms with E-state index in [2.05, 4.69) is 30.5 Å². The first-order valence-corrected chi connectivity index (χ1v) is 23.0. The van der Waals surface area contributed by atoms with Gasteiger partial charge in [0.15, 0.2) is 6.10 Å². The largest absolute Gasteiger partial charge is 0.472 e. The Morgan fingerprint density at radius 3 is 1.96 bits per heavy atom. The van der Waals surface area contributed by atoms with Gasteiger partial charge in [-0.2, -0.15) is 0 Å². The first-order chi connectivity index (χ1) is 26.9. The van der Waals surface area contributed by atoms with Crippen molar-refractivity contribution in [3.63, 3.8) is 0 Å². The standard InChI is InChI=1S/C42H77O13P/c1-3-5-7-8-9-10-11-12-13-14-15-16-21-25-41(48)52-32-36(33-54-56(50,51)53-31-35(45)30-43)55-42(49)26-22-18-17-20-24-37-38(40(47)29-39(37)46)28-27-34(44)23-19-6-4-2/h10-11,27-28,34-40,43-47H,3-9,12-26,29-33H2,1-2H3,(H,50,51)/b11-10-,28-27+/t34-,35-,36+,37+,38+,39-,40+/m0/s1. The van der Waals surface area contributed by atoms with E-state index >= 15 is 0 Å². The molecule has 0 heterocycles. The molecule has 0 aliphatic heterocycles. The van der Waals surface area contributed by atoms with Gasteiger partial charge in [0.2, 0.25) is 0 Å². The number of allylic oxidation sites excluding steroid dienone is 2. The summed E-state index contributed by atoms with van der Waals surface area (Å²) in [6, 6.07) is 0. The number of rotatable bonds is 36. The molecule has 1 aliphatic rings. The molecule has 0 aromatic carbocycles. The maximum absolute atomic E-state index is 12.7. The van der Waals surface area contributed by atoms with Crippen molar-refractivity contribution in [3.05, 3.63) is 24.3 Å². The quantitative estimate of drug-likeness (QED) is 0.0158. The summed E-state index contributed by atoms with van der Waals surface area (Å²) in [6.07, 6.45) is 23.5. The third-order valence-corrected chi connectivity index (χ3v) is 11.1. The van der Waals surface area contributed by atoms with Crippen LogP contribution in [0, 0.1) is 11.8 Å². The topological polar surface area (TPSA) is 210 Å². The minimum atomic E-state index is -4.68. The number of aliphatic hydroxyl groups is 5. The molecule has 56 heavy (non-hydrogen) atoms. The second-order valence-corrected chi connectivity index (χ2v) is 16.8. The highest BCUT2D eigenvalue weighted by molar-refractivity contribution is 7.47. The Morgan fingerprint density at radius 1 is 0.732 bits per heavy atom. The molecule has 0 bridgehead atoms. The summed E-state index contributed by atoms with van der Waals surface area (Å²) in [6.45, 7) is 2.01. The van der Waals surface area contributed by atoms with E-state index in [0.29, 0.717) is 38.5 Å². The number of unbranched alkanes of at least 4 members (excludes halogenated alkanes) is 14. The second kappa shape index (κ2) is 33.2. The predicted octanol–water partition coefficient (Wildman–Crippen LogP) is 7.38. The molecule has 14 heteroatoms. The Morgan fingerprint density at radius 2 is 1.30 bits per heavy atom. The normalized spacial score (nSPS) is 21.4. The van der Waals surface area contributed by atoms with E-state index in [4.69, 9.17) is 19.1 Å². The van der Waals surface area contributed by atoms with Crippen LogP contribution in [0.15, 0.2) is 24.3 Å². The van der Waals surface area contributed by atoms with E-state index < -0.39 is 70.1 Å². The Balaban J connectivity index is 2.47. The zero-order valence-corrected chi connectivity index (χ0v) is 35.3. The lowest BCUT2D eigenvalue weighted by Crippen LogP contribution is -2.29. The summed E-state index contributed by atoms with van der Waals surface area (Å²) < 4.78 is 32.7. The minimum Gasteiger partial charge on any atom is -0.462 e. The highest BCUT2D eigenvalue weighted by Gasteiger charge is 2.39. The Kier molecular flexibility index (Phi) is 31.0. The van der Waals surface area contributed by atoms with Gasteiger partial charge >= 0.3 is 19.8 Å². The van der Waals surface area contributed by atoms with Crippen LogP contribution in [-0.2, 0) is 32.7 Å². The molecule has 1 unspecified atom stereocenters. The lowest BCUT2D eigenvalue weighted by molar-refractivity contribution is -0.161. The number of carbonyl (C=O) groups excluding carboxylic acids is 2. The highest BCUT2D eigenvalue weighted by Crippen LogP contribution is 2.43. The zero-order valence-electron chi connectivity index (χ0n) is 34.4. The second-order valence-electron chi connectivity index (χ2n) is 15.3. The van der Waals surface area contributed by atoms with Crippen LogP contribution in [0.2, 0.25) is 0 Å². The van der Waals surface area contributed by atoms with Gasteiger partial charge in [-0.15, -0.1) is 0 Å². The maximum atomic E-state index is 12.7. The van der Waals surface area contributed by atoms with Gasteiger partial charge in [-0.25, -0.2) is 4.57 Å². The number of phosphoric ester groups is 1. The van der Waals surface area contributed by atoms with Gasteiger partial charge in [-0.3, -0.25) is 18.6 Å². The van der Waals surface area contributed by atoms with Crippen LogP contribution in [0.5, 0.6) is 0 Å². The van der Waals surface area contributed by atoms with E-state index in [9.17, 15) is 39.5 Å². The summed E-state index contributed by atoms with van der Waals surface area (Å²) in [5.41, 5.74) is 0. The van der Waals surface area contributed by atoms with Crippen LogP contribution in [-0.4, -0.2) is 99.3 Å². The average Bonchev–Trinajstić information content (AvgIpc) is 3.44. The van der Waals surface area contributed by atoms with E-state index in [0.717, 1.165) is 70.6 Å². The van der Waals surface area contributed by atoms with Crippen LogP contribution < -0.4 is 0 Å². The summed E-state index contributed by atoms with van der Waals surface area (Å²) in [5.74, 6) is -1.41. The molecule has 0 aromatic rings. The van der Waals surface area contributed by atoms with E-state index in [1.165, 1.54) is 25.7 Å². The first-order valence-electron chi connectivity index (χ1n) is 21.6. The molecule has 1 rings (SSSR count). The summed E-state index contributed by atoms with van der Waals surface area (Å²) in [4.78, 5) is 35.1. The molecule has 0 radical (unpaired) electrons. The first kappa shape index (κ1) is 52.3. The van der Waals surface area contributed by atoms with Crippen molar-refractivity contribution in [3.8, 4) is 0 Å². The summed E-state index contributed by atoms with van der Waals surface area (Å²) in [7, 11) is -4.68. The molecule has 1 aliphatic carbocycles. The predicted molar refractivity (Wildman–Crippen MR) is 216 cm³/mol. The van der Waals surface area contributed by atoms with Crippen LogP contribution in [0.1, 0.15) is 162 Å². The van der Waals surface area contributed by atoms with E-state index in [1.807, 2.05) is 6.08 Å². The lowest BCUT2D eigenvalue weighted by atomic mass is 9.88. The van der Waals surface area contributed by atoms with Gasteiger partial charge in [0.05, 0.1) is 38.1 Å². The molecule has 6 N–H and O–H groups in total. The van der Waals surface area contributed by atoms with Crippen LogP contribution in [0.25, 0.3) is 0 Å². The van der Waals surface area contributed by atoms with Crippen molar-refractivity contribution in [2.45, 2.75) is 192 Å². The number of hydrogen-bond donors (Lipinski definition) is 6. The van der Waals surface area contributed by atoms with Gasteiger partial charge < -0.3 is 39.9 Å². The smallest absolute Gasteiger partial charge is 0.462 e. The summed E-state index contributed by atoms with van der Waals surface area (Å²) >= 11 is 0. The fourth-order valence-corrected chi connectivity index (χ4v) is 7.58. The molecule has 0 aromatic heterocycles. The third-order valence-electron chi connectivity index (χ3n) is 10.2. The number of aliphatic hydroxyl groups excluding tert-OH is 5. The fourth-order valence-electron chi connectivity index (χ4n) is 6.79. The van der Waals surface area contributed by atoms with Gasteiger partial charge in [0.1, 0.15) is 12.7 Å². The van der Waals surface area contributed by atoms with Gasteiger partial charge in [-0.1, -0.05) is 115 Å². The molecular formula is C42H77O13P. The number of hydrogen-bond acceptors (Lipinski definition) is 12. The van der Waals surface area contributed by atoms with Crippen LogP contribution >= 0.6 is 7.82 Å². The molecular weight excluding hydrogens is 743 g/mol. The van der Waals surface area contributed by atoms with Crippen molar-refractivity contribution in [2.75, 3.05) is 26.4 Å². The van der Waals surface area contributed by atoms with Gasteiger partial charge in [0.25, 0.3) is 0 Å². The molecule has 8 atom stereocenters. The molecule has 0 spiro atoms. The SMILES string of the molecule is CCCCCC/C=C\CCCCCCCC(=O)OC[C@H](COP(=O)(O)OC[C@@H](O)CO)OC(=O)CCCCCC[C@@H]1[C@@H](/C=C/[C@@H](O)CCCCC)[C@H](O)C[C@@H]1O. The number of esters is 2. The highest BCUT2D eigenvalue weighted by atomic mass is 31.2. The molecule has 0 saturated heterocycles. The van der Waals surface area contributed by atoms with Crippen molar-refractivity contribution in [1.29, 1.82) is 0 Å². The molecule has 13 nitrogen and oxygen atoms in total.